The highest BCUT2D eigenvalue weighted by molar-refractivity contribution is 6.31. The topological polar surface area (TPSA) is 73.2 Å². The molecule has 0 aliphatic rings. The number of nitrogens with one attached hydrogen (secondary N) is 1. The normalized spacial score (nSPS) is 11.2. The molecule has 1 aromatic carbocycles. The van der Waals surface area contributed by atoms with Gasteiger partial charge in [-0.05, 0) is 31.4 Å². The van der Waals surface area contributed by atoms with Crippen LogP contribution in [0.5, 0.6) is 0 Å². The van der Waals surface area contributed by atoms with Crippen molar-refractivity contribution in [3.63, 3.8) is 0 Å². The van der Waals surface area contributed by atoms with E-state index in [4.69, 9.17) is 16.3 Å². The van der Waals surface area contributed by atoms with Gasteiger partial charge >= 0.3 is 5.97 Å². The highest BCUT2D eigenvalue weighted by Crippen LogP contribution is 2.22. The number of carbonyl (C=O) groups excluding carboxylic acids is 2. The summed E-state index contributed by atoms with van der Waals surface area (Å²) in [6, 6.07) is 9.94. The predicted molar refractivity (Wildman–Crippen MR) is 110 cm³/mol. The van der Waals surface area contributed by atoms with Crippen molar-refractivity contribution in [3.8, 4) is 0 Å². The summed E-state index contributed by atoms with van der Waals surface area (Å²) >= 11 is 6.41. The molecular formula is C21H26ClN3O3. The first kappa shape index (κ1) is 21.7. The Morgan fingerprint density at radius 1 is 1.25 bits per heavy atom. The lowest BCUT2D eigenvalue weighted by Gasteiger charge is -2.14. The van der Waals surface area contributed by atoms with Crippen LogP contribution < -0.4 is 5.32 Å². The minimum absolute atomic E-state index is 0.0960. The molecule has 0 unspecified atom stereocenters. The molecule has 2 aromatic rings. The lowest BCUT2D eigenvalue weighted by molar-refractivity contribution is -0.144. The molecule has 0 fully saturated rings. The number of aromatic nitrogens is 2. The van der Waals surface area contributed by atoms with Gasteiger partial charge in [0.2, 0.25) is 0 Å². The summed E-state index contributed by atoms with van der Waals surface area (Å²) in [6.07, 6.45) is 4.49. The van der Waals surface area contributed by atoms with E-state index in [2.05, 4.69) is 10.4 Å². The van der Waals surface area contributed by atoms with E-state index in [0.717, 1.165) is 18.4 Å². The Morgan fingerprint density at radius 3 is 2.57 bits per heavy atom. The van der Waals surface area contributed by atoms with Crippen molar-refractivity contribution in [3.05, 3.63) is 58.4 Å². The number of benzene rings is 1. The van der Waals surface area contributed by atoms with Crippen LogP contribution in [0.2, 0.25) is 5.15 Å². The fourth-order valence-electron chi connectivity index (χ4n) is 2.72. The molecule has 28 heavy (non-hydrogen) atoms. The summed E-state index contributed by atoms with van der Waals surface area (Å²) in [4.78, 5) is 23.7. The number of hydrogen-bond donors (Lipinski definition) is 1. The Kier molecular flexibility index (Phi) is 8.26. The molecule has 2 rings (SSSR count). The van der Waals surface area contributed by atoms with E-state index < -0.39 is 5.97 Å². The highest BCUT2D eigenvalue weighted by Gasteiger charge is 2.13. The van der Waals surface area contributed by atoms with Gasteiger partial charge in [-0.25, -0.2) is 9.48 Å². The van der Waals surface area contributed by atoms with Crippen LogP contribution in [-0.2, 0) is 20.9 Å². The smallest absolute Gasteiger partial charge is 0.331 e. The first-order valence-corrected chi connectivity index (χ1v) is 9.73. The molecular weight excluding hydrogens is 378 g/mol. The van der Waals surface area contributed by atoms with Crippen molar-refractivity contribution in [2.24, 2.45) is 0 Å². The molecule has 0 saturated carbocycles. The van der Waals surface area contributed by atoms with E-state index in [-0.39, 0.29) is 18.6 Å². The molecule has 0 spiro atoms. The van der Waals surface area contributed by atoms with Crippen LogP contribution in [-0.4, -0.2) is 34.3 Å². The zero-order valence-corrected chi connectivity index (χ0v) is 17.2. The van der Waals surface area contributed by atoms with Crippen molar-refractivity contribution < 1.29 is 14.3 Å². The minimum Gasteiger partial charge on any atom is -0.452 e. The summed E-state index contributed by atoms with van der Waals surface area (Å²) in [5, 5.41) is 7.68. The van der Waals surface area contributed by atoms with Crippen LogP contribution >= 0.6 is 11.6 Å². The predicted octanol–water partition coefficient (Wildman–Crippen LogP) is 3.75. The van der Waals surface area contributed by atoms with Crippen LogP contribution in [0.15, 0.2) is 36.4 Å². The molecule has 0 aliphatic carbocycles. The lowest BCUT2D eigenvalue weighted by atomic mass is 10.2. The van der Waals surface area contributed by atoms with Crippen molar-refractivity contribution >= 4 is 29.6 Å². The highest BCUT2D eigenvalue weighted by atomic mass is 35.5. The zero-order valence-electron chi connectivity index (χ0n) is 16.4. The second kappa shape index (κ2) is 10.7. The summed E-state index contributed by atoms with van der Waals surface area (Å²) in [5.41, 5.74) is 2.43. The number of amides is 1. The molecule has 1 amide bonds. The number of rotatable bonds is 9. The fraction of sp³-hybridized carbons (Fsp3) is 0.381. The van der Waals surface area contributed by atoms with Crippen molar-refractivity contribution in [2.75, 3.05) is 6.61 Å². The van der Waals surface area contributed by atoms with Crippen molar-refractivity contribution in [2.45, 2.75) is 46.2 Å². The monoisotopic (exact) mass is 403 g/mol. The number of esters is 1. The quantitative estimate of drug-likeness (QED) is 0.511. The van der Waals surface area contributed by atoms with Crippen LogP contribution in [0.1, 0.15) is 43.5 Å². The summed E-state index contributed by atoms with van der Waals surface area (Å²) in [5.74, 6) is -0.911. The molecule has 150 valence electrons. The maximum absolute atomic E-state index is 11.9. The van der Waals surface area contributed by atoms with Gasteiger partial charge in [0.25, 0.3) is 5.91 Å². The molecule has 7 heteroatoms. The van der Waals surface area contributed by atoms with Gasteiger partial charge in [-0.3, -0.25) is 4.79 Å². The number of nitrogens with zero attached hydrogens (tertiary/aromatic N) is 2. The van der Waals surface area contributed by atoms with E-state index in [1.54, 1.807) is 10.8 Å². The fourth-order valence-corrected chi connectivity index (χ4v) is 3.01. The Hall–Kier alpha value is -2.60. The maximum Gasteiger partial charge on any atom is 0.331 e. The minimum atomic E-state index is -0.606. The van der Waals surface area contributed by atoms with Gasteiger partial charge in [-0.1, -0.05) is 55.8 Å². The molecule has 0 saturated heterocycles. The number of ether oxygens (including phenoxy) is 1. The van der Waals surface area contributed by atoms with Gasteiger partial charge in [0.15, 0.2) is 6.61 Å². The van der Waals surface area contributed by atoms with E-state index in [1.165, 1.54) is 6.08 Å². The van der Waals surface area contributed by atoms with Crippen molar-refractivity contribution in [1.82, 2.24) is 15.1 Å². The molecule has 0 bridgehead atoms. The third-order valence-electron chi connectivity index (χ3n) is 4.37. The first-order valence-electron chi connectivity index (χ1n) is 9.35. The van der Waals surface area contributed by atoms with E-state index in [0.29, 0.717) is 23.0 Å². The Labute approximate surface area is 170 Å². The average molecular weight is 404 g/mol. The second-order valence-corrected chi connectivity index (χ2v) is 6.81. The Morgan fingerprint density at radius 2 is 1.93 bits per heavy atom. The molecule has 6 nitrogen and oxygen atoms in total. The first-order chi connectivity index (χ1) is 13.4. The number of aryl methyl sites for hydroxylation is 1. The summed E-state index contributed by atoms with van der Waals surface area (Å²) in [6.45, 7) is 6.04. The van der Waals surface area contributed by atoms with Crippen molar-refractivity contribution in [1.29, 1.82) is 0 Å². The second-order valence-electron chi connectivity index (χ2n) is 6.46. The van der Waals surface area contributed by atoms with E-state index in [1.807, 2.05) is 51.1 Å². The third kappa shape index (κ3) is 6.23. The molecule has 0 aliphatic heterocycles. The summed E-state index contributed by atoms with van der Waals surface area (Å²) in [7, 11) is 0. The molecule has 1 aromatic heterocycles. The van der Waals surface area contributed by atoms with Gasteiger partial charge in [0.05, 0.1) is 12.2 Å². The maximum atomic E-state index is 11.9. The van der Waals surface area contributed by atoms with Crippen LogP contribution in [0.25, 0.3) is 6.08 Å². The molecule has 0 radical (unpaired) electrons. The van der Waals surface area contributed by atoms with Gasteiger partial charge in [-0.2, -0.15) is 5.10 Å². The van der Waals surface area contributed by atoms with Crippen LogP contribution in [0, 0.1) is 6.92 Å². The van der Waals surface area contributed by atoms with Gasteiger partial charge in [0.1, 0.15) is 5.15 Å². The van der Waals surface area contributed by atoms with Gasteiger partial charge in [-0.15, -0.1) is 0 Å². The van der Waals surface area contributed by atoms with Crippen LogP contribution in [0.3, 0.4) is 0 Å². The Bertz CT molecular complexity index is 827. The van der Waals surface area contributed by atoms with E-state index >= 15 is 0 Å². The Balaban J connectivity index is 1.94. The molecule has 0 atom stereocenters. The third-order valence-corrected chi connectivity index (χ3v) is 4.77. The van der Waals surface area contributed by atoms with Crippen LogP contribution in [0.4, 0.5) is 0 Å². The standard InChI is InChI=1S/C21H26ClN3O3/c1-4-17(5-2)23-19(26)14-28-20(27)12-11-18-15(3)24-25(21(18)22)13-16-9-7-6-8-10-16/h6-12,17H,4-5,13-14H2,1-3H3,(H,23,26)/b12-11+. The number of hydrogen-bond acceptors (Lipinski definition) is 4. The lowest BCUT2D eigenvalue weighted by Crippen LogP contribution is -2.36. The molecule has 1 N–H and O–H groups in total. The summed E-state index contributed by atoms with van der Waals surface area (Å²) < 4.78 is 6.67. The SMILES string of the molecule is CCC(CC)NC(=O)COC(=O)/C=C/c1c(C)nn(Cc2ccccc2)c1Cl. The zero-order chi connectivity index (χ0) is 20.5. The number of halogens is 1. The molecule has 1 heterocycles. The average Bonchev–Trinajstić information content (AvgIpc) is 2.96. The van der Waals surface area contributed by atoms with Gasteiger partial charge in [0, 0.05) is 17.7 Å². The largest absolute Gasteiger partial charge is 0.452 e. The number of carbonyl (C=O) groups is 2. The van der Waals surface area contributed by atoms with E-state index in [9.17, 15) is 9.59 Å². The van der Waals surface area contributed by atoms with Gasteiger partial charge < -0.3 is 10.1 Å².